The van der Waals surface area contributed by atoms with Gasteiger partial charge in [-0.05, 0) is 31.6 Å². The molecule has 0 saturated heterocycles. The fourth-order valence-corrected chi connectivity index (χ4v) is 1.91. The predicted octanol–water partition coefficient (Wildman–Crippen LogP) is 0.931. The number of hydrogen-bond acceptors (Lipinski definition) is 5. The number of nitrogens with two attached hydrogens (primary N) is 1. The first kappa shape index (κ1) is 17.4. The van der Waals surface area contributed by atoms with Crippen LogP contribution in [0.1, 0.15) is 6.42 Å². The summed E-state index contributed by atoms with van der Waals surface area (Å²) in [5.74, 6) is 0.656. The molecule has 0 radical (unpaired) electrons. The molecule has 0 fully saturated rings. The van der Waals surface area contributed by atoms with Crippen molar-refractivity contribution in [3.8, 4) is 5.75 Å². The monoisotopic (exact) mass is 295 g/mol. The highest BCUT2D eigenvalue weighted by atomic mass is 16.5. The number of nitrogens with zero attached hydrogens (tertiary/aromatic N) is 1. The molecule has 1 amide bonds. The standard InChI is InChI=1S/C15H25N3O3/c1-20-10-9-18(8-4-7-16)12-15(19)17-13-5-3-6-14(11-13)21-2/h3,5-6,11H,4,7-10,12,16H2,1-2H3,(H,17,19). The van der Waals surface area contributed by atoms with Gasteiger partial charge in [0.05, 0.1) is 20.3 Å². The van der Waals surface area contributed by atoms with Crippen LogP contribution in [0, 0.1) is 0 Å². The molecule has 0 saturated carbocycles. The Hall–Kier alpha value is -1.63. The van der Waals surface area contributed by atoms with Gasteiger partial charge >= 0.3 is 0 Å². The Morgan fingerprint density at radius 2 is 2.14 bits per heavy atom. The van der Waals surface area contributed by atoms with E-state index in [0.29, 0.717) is 32.0 Å². The van der Waals surface area contributed by atoms with Crippen molar-refractivity contribution in [1.82, 2.24) is 4.90 Å². The normalized spacial score (nSPS) is 10.7. The maximum Gasteiger partial charge on any atom is 0.238 e. The average molecular weight is 295 g/mol. The number of methoxy groups -OCH3 is 2. The van der Waals surface area contributed by atoms with Crippen LogP contribution in [0.4, 0.5) is 5.69 Å². The van der Waals surface area contributed by atoms with Crippen LogP contribution in [0.3, 0.4) is 0 Å². The zero-order valence-electron chi connectivity index (χ0n) is 12.8. The number of ether oxygens (including phenoxy) is 2. The Labute approximate surface area is 126 Å². The molecule has 6 nitrogen and oxygen atoms in total. The topological polar surface area (TPSA) is 76.8 Å². The van der Waals surface area contributed by atoms with E-state index in [9.17, 15) is 4.79 Å². The van der Waals surface area contributed by atoms with E-state index >= 15 is 0 Å². The minimum absolute atomic E-state index is 0.0589. The molecule has 118 valence electrons. The number of rotatable bonds is 10. The van der Waals surface area contributed by atoms with Crippen LogP contribution in [0.2, 0.25) is 0 Å². The second-order valence-corrected chi connectivity index (χ2v) is 4.69. The summed E-state index contributed by atoms with van der Waals surface area (Å²) in [5, 5.41) is 2.87. The molecule has 0 aromatic heterocycles. The van der Waals surface area contributed by atoms with Gasteiger partial charge in [0.1, 0.15) is 5.75 Å². The molecular formula is C15H25N3O3. The molecule has 1 aromatic rings. The third-order valence-electron chi connectivity index (χ3n) is 3.01. The molecule has 0 spiro atoms. The Bertz CT molecular complexity index is 418. The van der Waals surface area contributed by atoms with Gasteiger partial charge in [-0.3, -0.25) is 9.69 Å². The third kappa shape index (κ3) is 7.08. The number of carbonyl (C=O) groups excluding carboxylic acids is 1. The maximum atomic E-state index is 12.1. The van der Waals surface area contributed by atoms with E-state index in [1.807, 2.05) is 23.1 Å². The van der Waals surface area contributed by atoms with E-state index in [2.05, 4.69) is 5.32 Å². The highest BCUT2D eigenvalue weighted by Gasteiger charge is 2.10. The SMILES string of the molecule is COCCN(CCCN)CC(=O)Nc1cccc(OC)c1. The molecule has 1 aromatic carbocycles. The molecule has 0 heterocycles. The lowest BCUT2D eigenvalue weighted by atomic mass is 10.3. The van der Waals surface area contributed by atoms with E-state index in [-0.39, 0.29) is 5.91 Å². The average Bonchev–Trinajstić information content (AvgIpc) is 2.50. The third-order valence-corrected chi connectivity index (χ3v) is 3.01. The van der Waals surface area contributed by atoms with Crippen molar-refractivity contribution in [2.45, 2.75) is 6.42 Å². The van der Waals surface area contributed by atoms with Gasteiger partial charge in [-0.15, -0.1) is 0 Å². The van der Waals surface area contributed by atoms with Crippen molar-refractivity contribution in [1.29, 1.82) is 0 Å². The second kappa shape index (κ2) is 10.1. The fraction of sp³-hybridized carbons (Fsp3) is 0.533. The highest BCUT2D eigenvalue weighted by Crippen LogP contribution is 2.16. The van der Waals surface area contributed by atoms with E-state index < -0.39 is 0 Å². The van der Waals surface area contributed by atoms with Crippen molar-refractivity contribution in [2.75, 3.05) is 52.3 Å². The van der Waals surface area contributed by atoms with Crippen molar-refractivity contribution in [3.63, 3.8) is 0 Å². The molecule has 1 rings (SSSR count). The highest BCUT2D eigenvalue weighted by molar-refractivity contribution is 5.92. The maximum absolute atomic E-state index is 12.1. The Morgan fingerprint density at radius 3 is 2.81 bits per heavy atom. The molecule has 0 aliphatic rings. The summed E-state index contributed by atoms with van der Waals surface area (Å²) in [6.07, 6.45) is 0.857. The van der Waals surface area contributed by atoms with Gasteiger partial charge in [-0.1, -0.05) is 6.07 Å². The van der Waals surface area contributed by atoms with Crippen LogP contribution in [-0.4, -0.2) is 57.8 Å². The second-order valence-electron chi connectivity index (χ2n) is 4.69. The van der Waals surface area contributed by atoms with Gasteiger partial charge in [0.15, 0.2) is 0 Å². The van der Waals surface area contributed by atoms with Gasteiger partial charge in [0, 0.05) is 25.4 Å². The van der Waals surface area contributed by atoms with Gasteiger partial charge in [0.25, 0.3) is 0 Å². The van der Waals surface area contributed by atoms with Crippen LogP contribution in [0.25, 0.3) is 0 Å². The number of anilines is 1. The summed E-state index contributed by atoms with van der Waals surface area (Å²) < 4.78 is 10.2. The summed E-state index contributed by atoms with van der Waals surface area (Å²) in [5.41, 5.74) is 6.25. The van der Waals surface area contributed by atoms with Crippen LogP contribution in [0.15, 0.2) is 24.3 Å². The van der Waals surface area contributed by atoms with Crippen LogP contribution in [0.5, 0.6) is 5.75 Å². The van der Waals surface area contributed by atoms with Crippen LogP contribution in [-0.2, 0) is 9.53 Å². The molecule has 0 aliphatic carbocycles. The zero-order chi connectivity index (χ0) is 15.5. The van der Waals surface area contributed by atoms with Gasteiger partial charge < -0.3 is 20.5 Å². The molecular weight excluding hydrogens is 270 g/mol. The molecule has 0 atom stereocenters. The Balaban J connectivity index is 2.51. The quantitative estimate of drug-likeness (QED) is 0.671. The summed E-state index contributed by atoms with van der Waals surface area (Å²) >= 11 is 0. The van der Waals surface area contributed by atoms with Gasteiger partial charge in [-0.2, -0.15) is 0 Å². The predicted molar refractivity (Wildman–Crippen MR) is 83.6 cm³/mol. The molecule has 0 unspecified atom stereocenters. The summed E-state index contributed by atoms with van der Waals surface area (Å²) in [7, 11) is 3.25. The molecule has 0 bridgehead atoms. The lowest BCUT2D eigenvalue weighted by Gasteiger charge is -2.21. The number of benzene rings is 1. The minimum Gasteiger partial charge on any atom is -0.497 e. The number of nitrogens with one attached hydrogen (secondary N) is 1. The summed E-state index contributed by atoms with van der Waals surface area (Å²) in [6.45, 7) is 3.02. The number of hydrogen-bond donors (Lipinski definition) is 2. The van der Waals surface area contributed by atoms with Crippen molar-refractivity contribution < 1.29 is 14.3 Å². The fourth-order valence-electron chi connectivity index (χ4n) is 1.91. The smallest absolute Gasteiger partial charge is 0.238 e. The number of amides is 1. The van der Waals surface area contributed by atoms with E-state index in [1.54, 1.807) is 20.3 Å². The van der Waals surface area contributed by atoms with Crippen molar-refractivity contribution in [2.24, 2.45) is 5.73 Å². The van der Waals surface area contributed by atoms with Crippen LogP contribution >= 0.6 is 0 Å². The lowest BCUT2D eigenvalue weighted by Crippen LogP contribution is -2.36. The van der Waals surface area contributed by atoms with Crippen molar-refractivity contribution >= 4 is 11.6 Å². The first-order valence-electron chi connectivity index (χ1n) is 7.05. The van der Waals surface area contributed by atoms with E-state index in [0.717, 1.165) is 18.7 Å². The van der Waals surface area contributed by atoms with Gasteiger partial charge in [0.2, 0.25) is 5.91 Å². The summed E-state index contributed by atoms with van der Waals surface area (Å²) in [4.78, 5) is 14.1. The van der Waals surface area contributed by atoms with Crippen molar-refractivity contribution in [3.05, 3.63) is 24.3 Å². The Morgan fingerprint density at radius 1 is 1.33 bits per heavy atom. The Kier molecular flexibility index (Phi) is 8.42. The van der Waals surface area contributed by atoms with Gasteiger partial charge in [-0.25, -0.2) is 0 Å². The molecule has 3 N–H and O–H groups in total. The zero-order valence-corrected chi connectivity index (χ0v) is 12.8. The molecule has 6 heteroatoms. The van der Waals surface area contributed by atoms with Crippen LogP contribution < -0.4 is 15.8 Å². The molecule has 0 aliphatic heterocycles. The van der Waals surface area contributed by atoms with E-state index in [4.69, 9.17) is 15.2 Å². The molecule has 21 heavy (non-hydrogen) atoms. The number of carbonyl (C=O) groups is 1. The lowest BCUT2D eigenvalue weighted by molar-refractivity contribution is -0.117. The summed E-state index contributed by atoms with van der Waals surface area (Å²) in [6, 6.07) is 7.30. The minimum atomic E-state index is -0.0589. The first-order chi connectivity index (χ1) is 10.2. The largest absolute Gasteiger partial charge is 0.497 e. The first-order valence-corrected chi connectivity index (χ1v) is 7.05. The van der Waals surface area contributed by atoms with E-state index in [1.165, 1.54) is 0 Å².